The van der Waals surface area contributed by atoms with Gasteiger partial charge in [-0.1, -0.05) is 199 Å². The quantitative estimate of drug-likeness (QED) is 0.121. The average molecular weight is 1170 g/mol. The fourth-order valence-electron chi connectivity index (χ4n) is 10.6. The molecule has 0 N–H and O–H groups in total. The Morgan fingerprint density at radius 1 is 0.321 bits per heavy atom. The largest absolute Gasteiger partial charge is 3.00 e. The molecular weight excluding hydrogens is 1130 g/mol. The molecule has 0 amide bonds. The van der Waals surface area contributed by atoms with Gasteiger partial charge in [0.2, 0.25) is 0 Å². The van der Waals surface area contributed by atoms with E-state index in [1.165, 1.54) is 5.56 Å². The van der Waals surface area contributed by atoms with Crippen molar-refractivity contribution >= 4 is 0 Å². The Morgan fingerprint density at radius 2 is 0.731 bits per heavy atom. The first kappa shape index (κ1) is 50.7. The fraction of sp³-hybridized carbons (Fsp3) is 0.0411. The summed E-state index contributed by atoms with van der Waals surface area (Å²) in [7, 11) is 0. The Kier molecular flexibility index (Phi) is 14.6. The first-order valence-corrected chi connectivity index (χ1v) is 25.8. The number of pyridine rings is 3. The molecular formula is C73H49IrN4. The van der Waals surface area contributed by atoms with Crippen LogP contribution in [0.2, 0.25) is 0 Å². The van der Waals surface area contributed by atoms with Crippen LogP contribution in [-0.2, 0) is 20.1 Å². The van der Waals surface area contributed by atoms with Gasteiger partial charge in [0.25, 0.3) is 0 Å². The van der Waals surface area contributed by atoms with Gasteiger partial charge in [0.1, 0.15) is 0 Å². The van der Waals surface area contributed by atoms with Crippen LogP contribution in [0.1, 0.15) is 22.3 Å². The minimum Gasteiger partial charge on any atom is -0.305 e. The molecule has 4 nitrogen and oxygen atoms in total. The van der Waals surface area contributed by atoms with Gasteiger partial charge in [-0.2, -0.15) is 5.26 Å². The van der Waals surface area contributed by atoms with Gasteiger partial charge in [-0.3, -0.25) is 0 Å². The molecule has 0 aliphatic heterocycles. The van der Waals surface area contributed by atoms with Crippen LogP contribution in [-0.4, -0.2) is 15.0 Å². The van der Waals surface area contributed by atoms with Gasteiger partial charge in [-0.15, -0.1) is 82.4 Å². The molecule has 9 aromatic carbocycles. The maximum absolute atomic E-state index is 11.0. The predicted octanol–water partition coefficient (Wildman–Crippen LogP) is 18.4. The van der Waals surface area contributed by atoms with E-state index < -0.39 is 0 Å². The smallest absolute Gasteiger partial charge is 0.305 e. The summed E-state index contributed by atoms with van der Waals surface area (Å²) in [5.41, 5.74) is 26.0. The number of aromatic nitrogens is 3. The van der Waals surface area contributed by atoms with Crippen molar-refractivity contribution in [1.29, 1.82) is 5.26 Å². The van der Waals surface area contributed by atoms with E-state index in [0.29, 0.717) is 5.56 Å². The average Bonchev–Trinajstić information content (AvgIpc) is 3.53. The Labute approximate surface area is 470 Å². The van der Waals surface area contributed by atoms with Crippen LogP contribution in [0.4, 0.5) is 0 Å². The van der Waals surface area contributed by atoms with E-state index in [2.05, 4.69) is 219 Å². The van der Waals surface area contributed by atoms with Crippen LogP contribution in [0.5, 0.6) is 0 Å². The van der Waals surface area contributed by atoms with E-state index in [4.69, 9.17) is 4.98 Å². The van der Waals surface area contributed by atoms with E-state index in [0.717, 1.165) is 134 Å². The number of nitriles is 1. The maximum Gasteiger partial charge on any atom is 3.00 e. The van der Waals surface area contributed by atoms with Crippen LogP contribution < -0.4 is 0 Å². The molecule has 3 aromatic heterocycles. The summed E-state index contributed by atoms with van der Waals surface area (Å²) in [5, 5.41) is 11.0. The fourth-order valence-corrected chi connectivity index (χ4v) is 10.6. The van der Waals surface area contributed by atoms with E-state index in [9.17, 15) is 5.26 Å². The van der Waals surface area contributed by atoms with Crippen LogP contribution in [0, 0.1) is 50.3 Å². The molecule has 0 saturated heterocycles. The molecule has 3 heterocycles. The second-order valence-corrected chi connectivity index (χ2v) is 19.4. The summed E-state index contributed by atoms with van der Waals surface area (Å²) in [4.78, 5) is 14.2. The maximum atomic E-state index is 11.0. The van der Waals surface area contributed by atoms with Crippen molar-refractivity contribution in [2.24, 2.45) is 0 Å². The summed E-state index contributed by atoms with van der Waals surface area (Å²) in [6.07, 6.45) is 5.57. The molecule has 0 aliphatic rings. The van der Waals surface area contributed by atoms with Gasteiger partial charge in [0.15, 0.2) is 0 Å². The molecule has 0 unspecified atom stereocenters. The van der Waals surface area contributed by atoms with Crippen LogP contribution in [0.15, 0.2) is 243 Å². The number of nitrogens with zero attached hydrogens (tertiary/aromatic N) is 4. The Balaban J connectivity index is 0.00000645. The van der Waals surface area contributed by atoms with E-state index >= 15 is 0 Å². The Hall–Kier alpha value is -9.43. The number of rotatable bonds is 11. The molecule has 0 spiro atoms. The normalized spacial score (nSPS) is 10.9. The van der Waals surface area contributed by atoms with Crippen LogP contribution in [0.25, 0.3) is 123 Å². The third-order valence-electron chi connectivity index (χ3n) is 14.5. The van der Waals surface area contributed by atoms with Crippen LogP contribution in [0.3, 0.4) is 0 Å². The summed E-state index contributed by atoms with van der Waals surface area (Å²) in [6.45, 7) is 6.43. The number of aryl methyl sites for hydroxylation is 3. The molecule has 0 bridgehead atoms. The number of hydrogen-bond donors (Lipinski definition) is 0. The monoisotopic (exact) mass is 1170 g/mol. The first-order chi connectivity index (χ1) is 37.9. The van der Waals surface area contributed by atoms with E-state index in [-0.39, 0.29) is 20.1 Å². The Bertz CT molecular complexity index is 4050. The summed E-state index contributed by atoms with van der Waals surface area (Å²) >= 11 is 0. The third kappa shape index (κ3) is 10.2. The molecule has 0 aliphatic carbocycles. The molecule has 12 rings (SSSR count). The number of benzene rings is 9. The second-order valence-electron chi connectivity index (χ2n) is 19.4. The van der Waals surface area contributed by atoms with Crippen molar-refractivity contribution in [1.82, 2.24) is 15.0 Å². The zero-order valence-corrected chi connectivity index (χ0v) is 45.6. The topological polar surface area (TPSA) is 62.5 Å². The van der Waals surface area contributed by atoms with Gasteiger partial charge in [0.05, 0.1) is 6.07 Å². The van der Waals surface area contributed by atoms with Crippen molar-refractivity contribution in [2.45, 2.75) is 20.8 Å². The number of hydrogen-bond acceptors (Lipinski definition) is 4. The zero-order valence-electron chi connectivity index (χ0n) is 43.2. The van der Waals surface area contributed by atoms with Crippen molar-refractivity contribution in [2.75, 3.05) is 0 Å². The van der Waals surface area contributed by atoms with Crippen molar-refractivity contribution in [3.63, 3.8) is 0 Å². The SMILES string of the molecule is Cc1cc(-c2[c-]cc(-c3ccccc3-c3cc(-c4ccccc4-c4c[c-]c(-c5ccccn5)cc4C)cc(-c4ccccc4-c4c[c-]c(-c5ccccn5)cc4C)c3)c(C#N)c2)ncc1-c1cccc(-c2ccccc2)c1.[Ir+3]. The van der Waals surface area contributed by atoms with E-state index in [1.54, 1.807) is 0 Å². The molecule has 0 fully saturated rings. The molecule has 0 radical (unpaired) electrons. The summed E-state index contributed by atoms with van der Waals surface area (Å²) < 4.78 is 0. The molecule has 12 aromatic rings. The van der Waals surface area contributed by atoms with Crippen molar-refractivity contribution < 1.29 is 20.1 Å². The van der Waals surface area contributed by atoms with Crippen LogP contribution >= 0.6 is 0 Å². The standard InChI is InChI=1S/C73H49N4.Ir/c1-48-38-54(71-28-13-15-36-75-71)30-33-61(48)67-25-10-7-22-63(67)57-43-58(64-23-8-11-26-68(64)62-34-31-55(39-49(62)2)72-29-14-16-37-76-72)45-59(44-57)65-24-9-12-27-69(65)66-35-32-56(42-60(66)46-74)73-40-50(3)70(47-77-73)53-21-17-20-52(41-53)51-18-5-4-6-19-51;/h4-29,33-45,47H,1-3H3;/q-3;+3. The molecule has 78 heavy (non-hydrogen) atoms. The van der Waals surface area contributed by atoms with Gasteiger partial charge < -0.3 is 15.0 Å². The van der Waals surface area contributed by atoms with Crippen molar-refractivity contribution in [3.05, 3.63) is 283 Å². The van der Waals surface area contributed by atoms with Gasteiger partial charge in [0, 0.05) is 24.2 Å². The first-order valence-electron chi connectivity index (χ1n) is 25.8. The zero-order chi connectivity index (χ0) is 52.2. The Morgan fingerprint density at radius 3 is 1.21 bits per heavy atom. The minimum atomic E-state index is 0. The van der Waals surface area contributed by atoms with Gasteiger partial charge in [-0.25, -0.2) is 0 Å². The third-order valence-corrected chi connectivity index (χ3v) is 14.5. The van der Waals surface area contributed by atoms with Gasteiger partial charge >= 0.3 is 20.1 Å². The van der Waals surface area contributed by atoms with Crippen molar-refractivity contribution in [3.8, 4) is 129 Å². The summed E-state index contributed by atoms with van der Waals surface area (Å²) in [5.74, 6) is 0. The van der Waals surface area contributed by atoms with E-state index in [1.807, 2.05) is 79.3 Å². The molecule has 0 atom stereocenters. The predicted molar refractivity (Wildman–Crippen MR) is 315 cm³/mol. The molecule has 370 valence electrons. The second kappa shape index (κ2) is 22.4. The molecule has 0 saturated carbocycles. The molecule has 5 heteroatoms. The minimum absolute atomic E-state index is 0. The summed E-state index contributed by atoms with van der Waals surface area (Å²) in [6, 6.07) is 91.2. The van der Waals surface area contributed by atoms with Gasteiger partial charge in [-0.05, 0) is 122 Å².